The maximum Gasteiger partial charge on any atom is 0.338 e. The third kappa shape index (κ3) is 5.76. The molecular formula is C33H30ClN3O5S. The molecule has 8 nitrogen and oxygen atoms in total. The van der Waals surface area contributed by atoms with E-state index in [1.54, 1.807) is 36.8 Å². The first-order chi connectivity index (χ1) is 21.0. The number of nitrogens with zero attached hydrogens (tertiary/aromatic N) is 3. The summed E-state index contributed by atoms with van der Waals surface area (Å²) in [4.78, 5) is 35.5. The Morgan fingerprint density at radius 3 is 2.53 bits per heavy atom. The Bertz CT molecular complexity index is 1860. The van der Waals surface area contributed by atoms with E-state index in [1.807, 2.05) is 48.5 Å². The highest BCUT2D eigenvalue weighted by atomic mass is 35.5. The molecule has 0 unspecified atom stereocenters. The Hall–Kier alpha value is -4.18. The lowest BCUT2D eigenvalue weighted by Crippen LogP contribution is -2.40. The van der Waals surface area contributed by atoms with E-state index in [0.717, 1.165) is 29.9 Å². The summed E-state index contributed by atoms with van der Waals surface area (Å²) in [5.41, 5.74) is 3.68. The first-order valence-corrected chi connectivity index (χ1v) is 15.2. The fourth-order valence-electron chi connectivity index (χ4n) is 5.41. The van der Waals surface area contributed by atoms with Gasteiger partial charge in [0.1, 0.15) is 11.8 Å². The number of ether oxygens (including phenoxy) is 3. The van der Waals surface area contributed by atoms with Gasteiger partial charge in [-0.1, -0.05) is 65.4 Å². The van der Waals surface area contributed by atoms with E-state index in [9.17, 15) is 9.59 Å². The highest BCUT2D eigenvalue weighted by Crippen LogP contribution is 2.39. The van der Waals surface area contributed by atoms with Crippen LogP contribution in [0.4, 0.5) is 5.69 Å². The Kier molecular flexibility index (Phi) is 8.47. The Labute approximate surface area is 257 Å². The van der Waals surface area contributed by atoms with Gasteiger partial charge in [0, 0.05) is 34.9 Å². The summed E-state index contributed by atoms with van der Waals surface area (Å²) in [5.74, 6) is -0.0797. The average molecular weight is 616 g/mol. The summed E-state index contributed by atoms with van der Waals surface area (Å²) in [6.07, 6.45) is 1.86. The van der Waals surface area contributed by atoms with Crippen LogP contribution in [0.5, 0.6) is 5.75 Å². The van der Waals surface area contributed by atoms with Crippen molar-refractivity contribution in [2.24, 2.45) is 4.99 Å². The second-order valence-electron chi connectivity index (χ2n) is 10.0. The van der Waals surface area contributed by atoms with Gasteiger partial charge in [0.05, 0.1) is 42.7 Å². The van der Waals surface area contributed by atoms with Gasteiger partial charge in [-0.3, -0.25) is 9.36 Å². The van der Waals surface area contributed by atoms with Crippen molar-refractivity contribution in [1.29, 1.82) is 0 Å². The van der Waals surface area contributed by atoms with E-state index in [4.69, 9.17) is 30.8 Å². The summed E-state index contributed by atoms with van der Waals surface area (Å²) in [5, 5.41) is 0.444. The molecule has 1 saturated heterocycles. The topological polar surface area (TPSA) is 82.4 Å². The molecule has 3 aromatic carbocycles. The lowest BCUT2D eigenvalue weighted by molar-refractivity contribution is -0.138. The number of benzene rings is 3. The van der Waals surface area contributed by atoms with E-state index >= 15 is 0 Å². The second kappa shape index (κ2) is 12.6. The molecule has 2 aliphatic heterocycles. The molecule has 220 valence electrons. The smallest absolute Gasteiger partial charge is 0.338 e. The van der Waals surface area contributed by atoms with E-state index in [-0.39, 0.29) is 17.7 Å². The van der Waals surface area contributed by atoms with Crippen molar-refractivity contribution < 1.29 is 19.0 Å². The summed E-state index contributed by atoms with van der Waals surface area (Å²) in [7, 11) is 1.54. The number of methoxy groups -OCH3 is 1. The Balaban J connectivity index is 1.56. The van der Waals surface area contributed by atoms with Crippen LogP contribution in [0.3, 0.4) is 0 Å². The first-order valence-electron chi connectivity index (χ1n) is 14.0. The van der Waals surface area contributed by atoms with Gasteiger partial charge >= 0.3 is 5.97 Å². The number of hydrogen-bond acceptors (Lipinski definition) is 8. The van der Waals surface area contributed by atoms with Crippen molar-refractivity contribution in [2.75, 3.05) is 44.9 Å². The maximum atomic E-state index is 14.2. The molecular weight excluding hydrogens is 586 g/mol. The van der Waals surface area contributed by atoms with E-state index < -0.39 is 12.0 Å². The number of hydrogen-bond donors (Lipinski definition) is 0. The quantitative estimate of drug-likeness (QED) is 0.286. The normalized spacial score (nSPS) is 17.0. The SMILES string of the molecule is CCOC(=O)C1=C(c2ccccc2)N=c2s/c(=C\c3ccc(N4CCOCC4)cc3)c(=O)n2[C@@H]1c1cc(Cl)ccc1OC. The Morgan fingerprint density at radius 2 is 1.84 bits per heavy atom. The van der Waals surface area contributed by atoms with Gasteiger partial charge in [0.15, 0.2) is 4.80 Å². The standard InChI is InChI=1S/C33H30ClN3O5S/c1-3-42-32(39)28-29(22-7-5-4-6-8-22)35-33-37(30(28)25-20-23(34)11-14-26(25)40-2)31(38)27(43-33)19-21-9-12-24(13-10-21)36-15-17-41-18-16-36/h4-14,19-20,30H,3,15-18H2,1-2H3/b27-19-/t30-/m1/s1. The zero-order valence-corrected chi connectivity index (χ0v) is 25.4. The zero-order chi connectivity index (χ0) is 29.9. The van der Waals surface area contributed by atoms with Gasteiger partial charge in [-0.25, -0.2) is 9.79 Å². The third-order valence-corrected chi connectivity index (χ3v) is 8.65. The van der Waals surface area contributed by atoms with Crippen LogP contribution in [0, 0.1) is 0 Å². The Morgan fingerprint density at radius 1 is 1.09 bits per heavy atom. The maximum absolute atomic E-state index is 14.2. The van der Waals surface area contributed by atoms with E-state index in [1.165, 1.54) is 11.3 Å². The predicted octanol–water partition coefficient (Wildman–Crippen LogP) is 4.43. The average Bonchev–Trinajstić information content (AvgIpc) is 3.35. The van der Waals surface area contributed by atoms with Crippen LogP contribution in [0.1, 0.15) is 29.7 Å². The number of halogens is 1. The van der Waals surface area contributed by atoms with Crippen molar-refractivity contribution >= 4 is 46.4 Å². The van der Waals surface area contributed by atoms with Gasteiger partial charge in [-0.2, -0.15) is 0 Å². The summed E-state index contributed by atoms with van der Waals surface area (Å²) in [6.45, 7) is 5.01. The monoisotopic (exact) mass is 615 g/mol. The summed E-state index contributed by atoms with van der Waals surface area (Å²) < 4.78 is 18.8. The number of fused-ring (bicyclic) bond motifs is 1. The molecule has 0 saturated carbocycles. The number of aromatic nitrogens is 1. The number of esters is 1. The van der Waals surface area contributed by atoms with Crippen molar-refractivity contribution in [3.05, 3.63) is 120 Å². The lowest BCUT2D eigenvalue weighted by Gasteiger charge is -2.28. The minimum atomic E-state index is -0.884. The van der Waals surface area contributed by atoms with Crippen LogP contribution in [0.15, 0.2) is 88.2 Å². The van der Waals surface area contributed by atoms with Gasteiger partial charge in [0.2, 0.25) is 0 Å². The number of anilines is 1. The highest BCUT2D eigenvalue weighted by Gasteiger charge is 2.36. The zero-order valence-electron chi connectivity index (χ0n) is 23.8. The molecule has 1 fully saturated rings. The molecule has 4 aromatic rings. The van der Waals surface area contributed by atoms with Crippen LogP contribution in [-0.2, 0) is 14.3 Å². The third-order valence-electron chi connectivity index (χ3n) is 7.43. The lowest BCUT2D eigenvalue weighted by atomic mass is 9.92. The summed E-state index contributed by atoms with van der Waals surface area (Å²) in [6, 6.07) is 21.8. The molecule has 6 rings (SSSR count). The summed E-state index contributed by atoms with van der Waals surface area (Å²) >= 11 is 7.74. The molecule has 0 radical (unpaired) electrons. The first kappa shape index (κ1) is 28.9. The van der Waals surface area contributed by atoms with Crippen LogP contribution in [-0.4, -0.2) is 50.6 Å². The van der Waals surface area contributed by atoms with Crippen molar-refractivity contribution in [2.45, 2.75) is 13.0 Å². The van der Waals surface area contributed by atoms with Crippen molar-refractivity contribution in [3.63, 3.8) is 0 Å². The molecule has 0 amide bonds. The molecule has 0 spiro atoms. The van der Waals surface area contributed by atoms with E-state index in [2.05, 4.69) is 17.0 Å². The fourth-order valence-corrected chi connectivity index (χ4v) is 6.59. The van der Waals surface area contributed by atoms with Crippen molar-refractivity contribution in [3.8, 4) is 5.75 Å². The number of carbonyl (C=O) groups is 1. The van der Waals surface area contributed by atoms with Gasteiger partial charge in [-0.05, 0) is 48.9 Å². The molecule has 43 heavy (non-hydrogen) atoms. The molecule has 0 N–H and O–H groups in total. The molecule has 3 heterocycles. The van der Waals surface area contributed by atoms with Crippen LogP contribution < -0.4 is 24.5 Å². The minimum absolute atomic E-state index is 0.161. The van der Waals surface area contributed by atoms with Crippen LogP contribution in [0.25, 0.3) is 11.8 Å². The molecule has 0 aliphatic carbocycles. The number of thiazole rings is 1. The van der Waals surface area contributed by atoms with E-state index in [0.29, 0.717) is 44.6 Å². The van der Waals surface area contributed by atoms with Crippen molar-refractivity contribution in [1.82, 2.24) is 4.57 Å². The minimum Gasteiger partial charge on any atom is -0.496 e. The van der Waals surface area contributed by atoms with Gasteiger partial charge in [-0.15, -0.1) is 0 Å². The van der Waals surface area contributed by atoms with Crippen LogP contribution in [0.2, 0.25) is 5.02 Å². The molecule has 0 bridgehead atoms. The van der Waals surface area contributed by atoms with Gasteiger partial charge < -0.3 is 19.1 Å². The molecule has 2 aliphatic rings. The fraction of sp³-hybridized carbons (Fsp3) is 0.242. The number of rotatable bonds is 7. The highest BCUT2D eigenvalue weighted by molar-refractivity contribution is 7.07. The van der Waals surface area contributed by atoms with Gasteiger partial charge in [0.25, 0.3) is 5.56 Å². The molecule has 10 heteroatoms. The predicted molar refractivity (Wildman–Crippen MR) is 169 cm³/mol. The van der Waals surface area contributed by atoms with Crippen LogP contribution >= 0.6 is 22.9 Å². The number of carbonyl (C=O) groups excluding carboxylic acids is 1. The molecule has 1 atom stereocenters. The largest absolute Gasteiger partial charge is 0.496 e. The second-order valence-corrected chi connectivity index (χ2v) is 11.5. The number of morpholine rings is 1. The molecule has 1 aromatic heterocycles.